The molecule has 6 atom stereocenters. The number of carbonyl (C=O) groups excluding carboxylic acids is 3. The van der Waals surface area contributed by atoms with E-state index in [1.54, 1.807) is 24.3 Å². The van der Waals surface area contributed by atoms with Crippen LogP contribution in [0.2, 0.25) is 0 Å². The fraction of sp³-hybridized carbons (Fsp3) is 0.520. The number of aliphatic carboxylic acids is 3. The van der Waals surface area contributed by atoms with Gasteiger partial charge in [-0.15, -0.1) is 12.0 Å². The molecule has 0 aliphatic rings. The van der Waals surface area contributed by atoms with Crippen molar-refractivity contribution in [2.45, 2.75) is 154 Å². The van der Waals surface area contributed by atoms with E-state index < -0.39 is 36.0 Å². The molecule has 0 rings (SSSR count). The van der Waals surface area contributed by atoms with Gasteiger partial charge in [0.05, 0.1) is 31.0 Å². The Hall–Kier alpha value is -3.66. The minimum absolute atomic E-state index is 0. The van der Waals surface area contributed by atoms with Crippen molar-refractivity contribution in [2.75, 3.05) is 6.54 Å². The van der Waals surface area contributed by atoms with Crippen molar-refractivity contribution in [1.29, 1.82) is 0 Å². The second-order valence-electron chi connectivity index (χ2n) is 14.0. The molecule has 0 aliphatic carbocycles. The van der Waals surface area contributed by atoms with Crippen LogP contribution in [0.1, 0.15) is 124 Å². The van der Waals surface area contributed by atoms with E-state index in [0.29, 0.717) is 19.3 Å². The first-order valence-corrected chi connectivity index (χ1v) is 21.9. The Labute approximate surface area is 396 Å². The van der Waals surface area contributed by atoms with Crippen LogP contribution in [0, 0.1) is 12.8 Å². The summed E-state index contributed by atoms with van der Waals surface area (Å²) in [4.78, 5) is 29.7. The molecule has 63 heavy (non-hydrogen) atoms. The number of carboxylic acid groups (broad SMARTS) is 3. The molecule has 0 spiro atoms. The maximum absolute atomic E-state index is 10.2. The van der Waals surface area contributed by atoms with Crippen LogP contribution in [0.15, 0.2) is 122 Å². The molecule has 8 N–H and O–H groups in total. The summed E-state index contributed by atoms with van der Waals surface area (Å²) in [6.07, 6.45) is 48.2. The first-order chi connectivity index (χ1) is 29.6. The summed E-state index contributed by atoms with van der Waals surface area (Å²) in [5.41, 5.74) is 10.0. The van der Waals surface area contributed by atoms with Crippen molar-refractivity contribution < 1.29 is 55.9 Å². The van der Waals surface area contributed by atoms with Gasteiger partial charge in [0.1, 0.15) is 0 Å². The number of quaternary nitrogens is 1. The van der Waals surface area contributed by atoms with Crippen LogP contribution in [-0.2, 0) is 14.4 Å². The number of nitrogens with one attached hydrogen (secondary N) is 1. The number of carbonyl (C=O) groups is 3. The Kier molecular flexibility index (Phi) is 59.1. The minimum Gasteiger partial charge on any atom is -0.670 e. The maximum Gasteiger partial charge on any atom is 2.00 e. The number of carboxylic acids is 3. The van der Waals surface area contributed by atoms with Crippen LogP contribution in [0.25, 0.3) is 5.73 Å². The fourth-order valence-corrected chi connectivity index (χ4v) is 4.12. The number of hydrogen-bond acceptors (Lipinski definition) is 10. The summed E-state index contributed by atoms with van der Waals surface area (Å²) in [7, 11) is 0. The smallest absolute Gasteiger partial charge is 0.670 e. The van der Waals surface area contributed by atoms with Gasteiger partial charge in [0, 0.05) is 17.9 Å². The Balaban J connectivity index is -0.000000263. The molecule has 0 saturated heterocycles. The van der Waals surface area contributed by atoms with Crippen molar-refractivity contribution in [3.8, 4) is 0 Å². The number of rotatable bonds is 31. The monoisotopic (exact) mass is 893 g/mol. The van der Waals surface area contributed by atoms with Crippen LogP contribution in [0.4, 0.5) is 0 Å². The van der Waals surface area contributed by atoms with E-state index in [1.807, 2.05) is 74.6 Å². The summed E-state index contributed by atoms with van der Waals surface area (Å²) < 4.78 is 0. The molecule has 0 aromatic rings. The predicted molar refractivity (Wildman–Crippen MR) is 253 cm³/mol. The molecule has 0 radical (unpaired) electrons. The molecule has 0 heterocycles. The van der Waals surface area contributed by atoms with E-state index in [0.717, 1.165) is 77.2 Å². The minimum atomic E-state index is -1.32. The average Bonchev–Trinajstić information content (AvgIpc) is 3.23. The van der Waals surface area contributed by atoms with Crippen LogP contribution in [0.3, 0.4) is 0 Å². The third-order valence-electron chi connectivity index (χ3n) is 8.05. The molecule has 0 amide bonds. The van der Waals surface area contributed by atoms with Crippen molar-refractivity contribution in [2.24, 2.45) is 5.92 Å². The third kappa shape index (κ3) is 65.1. The van der Waals surface area contributed by atoms with Gasteiger partial charge in [-0.1, -0.05) is 168 Å². The molecule has 0 saturated carbocycles. The van der Waals surface area contributed by atoms with Crippen molar-refractivity contribution >= 4 is 41.0 Å². The summed E-state index contributed by atoms with van der Waals surface area (Å²) in [6, 6.07) is -1.09. The molecular formula is C50H80MgN2O10-2. The number of allylic oxidation sites excluding steroid dienone is 16. The van der Waals surface area contributed by atoms with Gasteiger partial charge >= 0.3 is 23.1 Å². The van der Waals surface area contributed by atoms with Gasteiger partial charge in [0.2, 0.25) is 0 Å². The predicted octanol–water partition coefficient (Wildman–Crippen LogP) is 4.86. The van der Waals surface area contributed by atoms with Gasteiger partial charge < -0.3 is 68.5 Å². The molecule has 0 unspecified atom stereocenters. The molecule has 0 aromatic heterocycles. The van der Waals surface area contributed by atoms with Gasteiger partial charge in [-0.25, -0.2) is 0 Å². The zero-order valence-corrected chi connectivity index (χ0v) is 40.1. The van der Waals surface area contributed by atoms with Gasteiger partial charge in [-0.2, -0.15) is 0 Å². The molecule has 13 heteroatoms. The normalized spacial score (nSPS) is 14.8. The van der Waals surface area contributed by atoms with E-state index in [1.165, 1.54) is 6.92 Å². The Morgan fingerprint density at radius 1 is 0.556 bits per heavy atom. The molecule has 0 aliphatic heterocycles. The van der Waals surface area contributed by atoms with Crippen molar-refractivity contribution in [3.63, 3.8) is 0 Å². The number of hydrogen-bond donors (Lipinski definition) is 5. The summed E-state index contributed by atoms with van der Waals surface area (Å²) in [6.45, 7) is 11.5. The van der Waals surface area contributed by atoms with Crippen molar-refractivity contribution in [1.82, 2.24) is 0 Å². The summed E-state index contributed by atoms with van der Waals surface area (Å²) in [5.74, 6) is -4.01. The molecule has 354 valence electrons. The zero-order valence-electron chi connectivity index (χ0n) is 38.7. The van der Waals surface area contributed by atoms with Gasteiger partial charge in [0.25, 0.3) is 0 Å². The van der Waals surface area contributed by atoms with E-state index in [-0.39, 0.29) is 47.8 Å². The number of aliphatic hydroxyl groups is 4. The van der Waals surface area contributed by atoms with Crippen molar-refractivity contribution in [3.05, 3.63) is 134 Å². The van der Waals surface area contributed by atoms with Gasteiger partial charge in [-0.05, 0) is 77.0 Å². The average molecular weight is 893 g/mol. The topological polar surface area (TPSA) is 253 Å². The largest absolute Gasteiger partial charge is 2.00 e. The standard InChI is InChI=1S/C20H30O4.C20H32O2.C7H14NO2.C3H6NO2.Mg/c1-2-18(21)14-11-9-7-5-3-4-6-8-10-12-15-19(22)16-13-17-20(23)24;1-3-5-16-20(22)18-15-13-11-9-7-6-8-10-12-14-17-19(21)4-2;1-6(7(9)10)4-2-3-5-8;1-2(4)3(5)6;/h3-4,7-12,14-15,18-19,21-22H,2,5-6,13,16-17H2,1H3,(H,23,24);6-7,10-15,17-22H,3-5,8-9,16H2,1-2H3;6H,1-5,8H2,(H,9,10);2,4H,1H3,(H,5,6);/q;;2*-1;+2/p-2/b4-3-,9-7-,10-8-,14-11+,15-12+;7-6-,12-10-,13-11-,17-14+,18-15+;;;/t18-,19+;19-,20-;6-;2-;/m0000./s1. The molecular weight excluding hydrogens is 813 g/mol. The van der Waals surface area contributed by atoms with Crippen LogP contribution < -0.4 is 21.1 Å². The van der Waals surface area contributed by atoms with Gasteiger partial charge in [-0.3, -0.25) is 0 Å². The number of aliphatic hydroxyl groups excluding tert-OH is 4. The SMILES string of the molecule is CCCC[C@H](O)/C=C/C=C\C/C=C\C/C=C\C=C\[C@@H](O)CC.CC[C@H](O)/C=C/C=C\C/C=C\C/C=C\C=C\[C@@H](O)CCCC(=O)[O-].C[C@H]([NH-])C(=O)[O-].[CH2-][C@@H](CCCC[NH3+])C(=O)[O-].[Mg+2]. The fourth-order valence-electron chi connectivity index (χ4n) is 4.12. The Morgan fingerprint density at radius 3 is 1.19 bits per heavy atom. The van der Waals surface area contributed by atoms with E-state index in [4.69, 9.17) is 5.73 Å². The summed E-state index contributed by atoms with van der Waals surface area (Å²) in [5, 5.41) is 67.6. The molecule has 0 aromatic carbocycles. The van der Waals surface area contributed by atoms with Crippen LogP contribution >= 0.6 is 0 Å². The second kappa shape index (κ2) is 54.5. The first-order valence-electron chi connectivity index (χ1n) is 21.9. The third-order valence-corrected chi connectivity index (χ3v) is 8.05. The molecule has 12 nitrogen and oxygen atoms in total. The van der Waals surface area contributed by atoms with E-state index in [9.17, 15) is 50.1 Å². The zero-order chi connectivity index (χ0) is 47.7. The molecule has 0 fully saturated rings. The molecule has 0 bridgehead atoms. The van der Waals surface area contributed by atoms with Crippen LogP contribution in [0.5, 0.6) is 0 Å². The second-order valence-corrected chi connectivity index (χ2v) is 14.0. The Morgan fingerprint density at radius 2 is 0.905 bits per heavy atom. The number of unbranched alkanes of at least 4 members (excludes halogenated alkanes) is 2. The van der Waals surface area contributed by atoms with E-state index in [2.05, 4.69) is 56.0 Å². The summed E-state index contributed by atoms with van der Waals surface area (Å²) >= 11 is 0. The first kappa shape index (κ1) is 68.4. The Bertz CT molecular complexity index is 1370. The van der Waals surface area contributed by atoms with Gasteiger partial charge in [0.15, 0.2) is 0 Å². The van der Waals surface area contributed by atoms with Crippen LogP contribution in [-0.4, -0.2) is 98.4 Å². The van der Waals surface area contributed by atoms with E-state index >= 15 is 0 Å². The maximum atomic E-state index is 10.2. The quantitative estimate of drug-likeness (QED) is 0.0208.